The SMILES string of the molecule is c1ccc(-c2cccc(-c3cc(-c4ccccc4)nc(-c4cccc5oc6cc(-n7c8ccccc8c8cc(-c9ccccc9)ccc87)ccc6c45)n3)c2)cc1. The Labute approximate surface area is 323 Å². The van der Waals surface area contributed by atoms with Crippen LogP contribution in [0.1, 0.15) is 0 Å². The number of rotatable bonds is 6. The molecule has 0 N–H and O–H groups in total. The Morgan fingerprint density at radius 2 is 0.964 bits per heavy atom. The first-order valence-electron chi connectivity index (χ1n) is 18.9. The summed E-state index contributed by atoms with van der Waals surface area (Å²) in [6.07, 6.45) is 0. The molecule has 0 amide bonds. The van der Waals surface area contributed by atoms with Gasteiger partial charge in [-0.05, 0) is 70.8 Å². The van der Waals surface area contributed by atoms with Crippen molar-refractivity contribution in [3.05, 3.63) is 200 Å². The molecule has 0 radical (unpaired) electrons. The third-order valence-electron chi connectivity index (χ3n) is 10.8. The van der Waals surface area contributed by atoms with Crippen molar-refractivity contribution in [3.8, 4) is 61.8 Å². The predicted octanol–water partition coefficient (Wildman–Crippen LogP) is 13.8. The first-order chi connectivity index (χ1) is 27.7. The fourth-order valence-corrected chi connectivity index (χ4v) is 8.16. The molecule has 0 unspecified atom stereocenters. The predicted molar refractivity (Wildman–Crippen MR) is 231 cm³/mol. The van der Waals surface area contributed by atoms with Crippen LogP contribution in [0.3, 0.4) is 0 Å². The Kier molecular flexibility index (Phi) is 7.46. The van der Waals surface area contributed by atoms with E-state index in [2.05, 4.69) is 168 Å². The van der Waals surface area contributed by atoms with Gasteiger partial charge >= 0.3 is 0 Å². The largest absolute Gasteiger partial charge is 0.456 e. The summed E-state index contributed by atoms with van der Waals surface area (Å²) < 4.78 is 9.02. The maximum atomic E-state index is 6.68. The number of para-hydroxylation sites is 1. The van der Waals surface area contributed by atoms with Gasteiger partial charge in [0.2, 0.25) is 0 Å². The van der Waals surface area contributed by atoms with E-state index in [0.29, 0.717) is 5.82 Å². The molecule has 0 aliphatic heterocycles. The van der Waals surface area contributed by atoms with Crippen molar-refractivity contribution in [1.82, 2.24) is 14.5 Å². The maximum absolute atomic E-state index is 6.68. The lowest BCUT2D eigenvalue weighted by Gasteiger charge is -2.11. The third-order valence-corrected chi connectivity index (χ3v) is 10.8. The monoisotopic (exact) mass is 715 g/mol. The van der Waals surface area contributed by atoms with Crippen LogP contribution in [0.15, 0.2) is 205 Å². The zero-order valence-electron chi connectivity index (χ0n) is 30.3. The molecule has 0 aliphatic rings. The molecule has 4 nitrogen and oxygen atoms in total. The van der Waals surface area contributed by atoms with Crippen LogP contribution in [0.4, 0.5) is 0 Å². The van der Waals surface area contributed by atoms with Crippen LogP contribution >= 0.6 is 0 Å². The Bertz CT molecular complexity index is 3240. The highest BCUT2D eigenvalue weighted by molar-refractivity contribution is 6.13. The van der Waals surface area contributed by atoms with E-state index < -0.39 is 0 Å². The second-order valence-electron chi connectivity index (χ2n) is 14.2. The molecule has 0 bridgehead atoms. The molecule has 4 heteroatoms. The molecule has 262 valence electrons. The van der Waals surface area contributed by atoms with Crippen LogP contribution in [0.2, 0.25) is 0 Å². The summed E-state index contributed by atoms with van der Waals surface area (Å²) in [4.78, 5) is 10.5. The topological polar surface area (TPSA) is 43.9 Å². The molecule has 3 aromatic heterocycles. The Morgan fingerprint density at radius 3 is 1.73 bits per heavy atom. The molecule has 0 saturated carbocycles. The molecule has 3 heterocycles. The summed E-state index contributed by atoms with van der Waals surface area (Å²) in [6.45, 7) is 0. The van der Waals surface area contributed by atoms with Crippen molar-refractivity contribution >= 4 is 43.7 Å². The number of hydrogen-bond acceptors (Lipinski definition) is 3. The van der Waals surface area contributed by atoms with Crippen molar-refractivity contribution in [2.45, 2.75) is 0 Å². The summed E-state index contributed by atoms with van der Waals surface area (Å²) >= 11 is 0. The Balaban J connectivity index is 1.07. The highest BCUT2D eigenvalue weighted by Gasteiger charge is 2.19. The van der Waals surface area contributed by atoms with Gasteiger partial charge in [-0.3, -0.25) is 0 Å². The average Bonchev–Trinajstić information content (AvgIpc) is 3.82. The number of furan rings is 1. The van der Waals surface area contributed by atoms with Gasteiger partial charge < -0.3 is 8.98 Å². The normalized spacial score (nSPS) is 11.6. The molecule has 11 rings (SSSR count). The number of aromatic nitrogens is 3. The molecule has 0 atom stereocenters. The molecule has 0 aliphatic carbocycles. The minimum atomic E-state index is 0.653. The molecule has 0 saturated heterocycles. The molecule has 11 aromatic rings. The zero-order chi connectivity index (χ0) is 37.0. The standard InChI is InChI=1S/C52H33N3O/c1-4-14-34(15-5-1)37-20-12-21-39(30-37)46-33-45(36-18-8-3-9-19-36)53-52(54-46)43-23-13-25-49-51(43)42-28-27-40(32-50(42)56-49)55-47-24-11-10-22-41(47)44-31-38(26-29-48(44)55)35-16-6-2-7-17-35/h1-33H. The second-order valence-corrected chi connectivity index (χ2v) is 14.2. The molecular formula is C52H33N3O. The van der Waals surface area contributed by atoms with Gasteiger partial charge in [0.25, 0.3) is 0 Å². The van der Waals surface area contributed by atoms with E-state index in [4.69, 9.17) is 14.4 Å². The van der Waals surface area contributed by atoms with Gasteiger partial charge in [0.05, 0.1) is 22.4 Å². The van der Waals surface area contributed by atoms with Crippen LogP contribution in [-0.2, 0) is 0 Å². The zero-order valence-corrected chi connectivity index (χ0v) is 30.3. The highest BCUT2D eigenvalue weighted by atomic mass is 16.3. The average molecular weight is 716 g/mol. The van der Waals surface area contributed by atoms with Crippen molar-refractivity contribution in [1.29, 1.82) is 0 Å². The Hall–Kier alpha value is -7.56. The minimum Gasteiger partial charge on any atom is -0.456 e. The lowest BCUT2D eigenvalue weighted by atomic mass is 10.00. The van der Waals surface area contributed by atoms with E-state index in [-0.39, 0.29) is 0 Å². The number of benzene rings is 8. The van der Waals surface area contributed by atoms with Gasteiger partial charge in [-0.25, -0.2) is 9.97 Å². The van der Waals surface area contributed by atoms with E-state index in [0.717, 1.165) is 72.3 Å². The van der Waals surface area contributed by atoms with E-state index >= 15 is 0 Å². The molecular weight excluding hydrogens is 683 g/mol. The summed E-state index contributed by atoms with van der Waals surface area (Å²) in [6, 6.07) is 70.2. The van der Waals surface area contributed by atoms with Gasteiger partial charge in [0.15, 0.2) is 5.82 Å². The van der Waals surface area contributed by atoms with Gasteiger partial charge in [0, 0.05) is 50.0 Å². The van der Waals surface area contributed by atoms with Crippen LogP contribution < -0.4 is 0 Å². The highest BCUT2D eigenvalue weighted by Crippen LogP contribution is 2.40. The summed E-state index contributed by atoms with van der Waals surface area (Å²) in [7, 11) is 0. The maximum Gasteiger partial charge on any atom is 0.161 e. The van der Waals surface area contributed by atoms with E-state index in [1.807, 2.05) is 36.4 Å². The lowest BCUT2D eigenvalue weighted by Crippen LogP contribution is -1.96. The first-order valence-corrected chi connectivity index (χ1v) is 18.9. The van der Waals surface area contributed by atoms with Crippen molar-refractivity contribution in [2.24, 2.45) is 0 Å². The van der Waals surface area contributed by atoms with Crippen molar-refractivity contribution in [3.63, 3.8) is 0 Å². The van der Waals surface area contributed by atoms with E-state index in [1.54, 1.807) is 0 Å². The summed E-state index contributed by atoms with van der Waals surface area (Å²) in [5, 5.41) is 4.45. The first kappa shape index (κ1) is 31.9. The van der Waals surface area contributed by atoms with Crippen molar-refractivity contribution in [2.75, 3.05) is 0 Å². The smallest absolute Gasteiger partial charge is 0.161 e. The second kappa shape index (κ2) is 13.1. The lowest BCUT2D eigenvalue weighted by molar-refractivity contribution is 0.668. The van der Waals surface area contributed by atoms with E-state index in [1.165, 1.54) is 27.5 Å². The third kappa shape index (κ3) is 5.39. The quantitative estimate of drug-likeness (QED) is 0.172. The Morgan fingerprint density at radius 1 is 0.357 bits per heavy atom. The number of hydrogen-bond donors (Lipinski definition) is 0. The van der Waals surface area contributed by atoms with Crippen molar-refractivity contribution < 1.29 is 4.42 Å². The van der Waals surface area contributed by atoms with Crippen LogP contribution in [-0.4, -0.2) is 14.5 Å². The van der Waals surface area contributed by atoms with E-state index in [9.17, 15) is 0 Å². The van der Waals surface area contributed by atoms with Crippen LogP contribution in [0.25, 0.3) is 106 Å². The van der Waals surface area contributed by atoms with Crippen LogP contribution in [0, 0.1) is 0 Å². The van der Waals surface area contributed by atoms with Crippen LogP contribution in [0.5, 0.6) is 0 Å². The fourth-order valence-electron chi connectivity index (χ4n) is 8.16. The molecule has 0 spiro atoms. The van der Waals surface area contributed by atoms with Gasteiger partial charge in [-0.1, -0.05) is 146 Å². The molecule has 56 heavy (non-hydrogen) atoms. The molecule has 8 aromatic carbocycles. The number of nitrogens with zero attached hydrogens (tertiary/aromatic N) is 3. The van der Waals surface area contributed by atoms with Gasteiger partial charge in [-0.15, -0.1) is 0 Å². The summed E-state index contributed by atoms with van der Waals surface area (Å²) in [5.74, 6) is 0.653. The fraction of sp³-hybridized carbons (Fsp3) is 0. The minimum absolute atomic E-state index is 0.653. The van der Waals surface area contributed by atoms with Gasteiger partial charge in [-0.2, -0.15) is 0 Å². The number of fused-ring (bicyclic) bond motifs is 6. The summed E-state index contributed by atoms with van der Waals surface area (Å²) in [5.41, 5.74) is 14.4. The molecule has 0 fully saturated rings. The van der Waals surface area contributed by atoms with Gasteiger partial charge in [0.1, 0.15) is 11.2 Å².